The minimum atomic E-state index is 0.705. The van der Waals surface area contributed by atoms with Gasteiger partial charge in [-0.15, -0.1) is 0 Å². The molecule has 0 bridgehead atoms. The Labute approximate surface area is 158 Å². The van der Waals surface area contributed by atoms with Crippen LogP contribution in [0.2, 0.25) is 0 Å². The number of rotatable bonds is 2. The molecule has 5 rings (SSSR count). The molecule has 1 aromatic carbocycles. The summed E-state index contributed by atoms with van der Waals surface area (Å²) in [6, 6.07) is 6.11. The summed E-state index contributed by atoms with van der Waals surface area (Å²) >= 11 is 3.75. The molecule has 0 spiro atoms. The number of hydrogen-bond donors (Lipinski definition) is 1. The Balaban J connectivity index is 1.80. The minimum absolute atomic E-state index is 0.705. The molecular weight excluding hydrogens is 396 g/mol. The second-order valence-corrected chi connectivity index (χ2v) is 7.14. The van der Waals surface area contributed by atoms with Crippen LogP contribution in [0.25, 0.3) is 27.8 Å². The number of anilines is 1. The smallest absolute Gasteiger partial charge is 0.181 e. The van der Waals surface area contributed by atoms with Crippen molar-refractivity contribution in [3.05, 3.63) is 40.9 Å². The number of aromatic nitrogens is 5. The molecule has 1 fully saturated rings. The Bertz CT molecular complexity index is 1110. The lowest BCUT2D eigenvalue weighted by atomic mass is 10.1. The van der Waals surface area contributed by atoms with Crippen molar-refractivity contribution in [1.82, 2.24) is 24.6 Å². The van der Waals surface area contributed by atoms with Gasteiger partial charge in [-0.3, -0.25) is 9.50 Å². The van der Waals surface area contributed by atoms with Crippen molar-refractivity contribution in [1.29, 1.82) is 0 Å². The maximum atomic E-state index is 5.51. The van der Waals surface area contributed by atoms with Gasteiger partial charge >= 0.3 is 0 Å². The molecule has 7 nitrogen and oxygen atoms in total. The number of fused-ring (bicyclic) bond motifs is 2. The second-order valence-electron chi connectivity index (χ2n) is 6.39. The summed E-state index contributed by atoms with van der Waals surface area (Å²) in [7, 11) is 0. The van der Waals surface area contributed by atoms with Gasteiger partial charge in [-0.1, -0.05) is 12.1 Å². The topological polar surface area (TPSA) is 71.3 Å². The zero-order valence-electron chi connectivity index (χ0n) is 14.2. The molecule has 26 heavy (non-hydrogen) atoms. The molecule has 4 heterocycles. The maximum Gasteiger partial charge on any atom is 0.181 e. The van der Waals surface area contributed by atoms with Crippen molar-refractivity contribution < 1.29 is 4.74 Å². The first-order valence-electron chi connectivity index (χ1n) is 8.53. The van der Waals surface area contributed by atoms with E-state index >= 15 is 0 Å². The fourth-order valence-corrected chi connectivity index (χ4v) is 4.03. The lowest BCUT2D eigenvalue weighted by molar-refractivity contribution is 0.122. The van der Waals surface area contributed by atoms with Crippen molar-refractivity contribution in [3.8, 4) is 11.3 Å². The van der Waals surface area contributed by atoms with Crippen LogP contribution < -0.4 is 4.90 Å². The molecule has 1 aliphatic heterocycles. The van der Waals surface area contributed by atoms with E-state index in [-0.39, 0.29) is 0 Å². The Morgan fingerprint density at radius 3 is 2.88 bits per heavy atom. The van der Waals surface area contributed by atoms with Gasteiger partial charge in [-0.05, 0) is 28.9 Å². The zero-order valence-corrected chi connectivity index (χ0v) is 15.8. The summed E-state index contributed by atoms with van der Waals surface area (Å²) in [6.07, 6.45) is 3.88. The van der Waals surface area contributed by atoms with E-state index < -0.39 is 0 Å². The maximum absolute atomic E-state index is 5.51. The third kappa shape index (κ3) is 2.40. The summed E-state index contributed by atoms with van der Waals surface area (Å²) in [4.78, 5) is 12.0. The SMILES string of the molecule is Cc1cn2c(Br)c(-c3cccc4[nH]ncc34)nc(N3CCOCC3)c2n1. The van der Waals surface area contributed by atoms with E-state index in [9.17, 15) is 0 Å². The van der Waals surface area contributed by atoms with E-state index in [0.29, 0.717) is 13.2 Å². The lowest BCUT2D eigenvalue weighted by Crippen LogP contribution is -2.37. The summed E-state index contributed by atoms with van der Waals surface area (Å²) < 4.78 is 8.46. The number of ether oxygens (including phenoxy) is 1. The van der Waals surface area contributed by atoms with Gasteiger partial charge in [0.2, 0.25) is 0 Å². The number of aromatic amines is 1. The fourth-order valence-electron chi connectivity index (χ4n) is 3.45. The fraction of sp³-hybridized carbons (Fsp3) is 0.278. The van der Waals surface area contributed by atoms with E-state index in [1.807, 2.05) is 31.5 Å². The van der Waals surface area contributed by atoms with Crippen molar-refractivity contribution in [3.63, 3.8) is 0 Å². The molecule has 0 amide bonds. The van der Waals surface area contributed by atoms with Gasteiger partial charge in [0.1, 0.15) is 10.3 Å². The van der Waals surface area contributed by atoms with Gasteiger partial charge in [-0.25, -0.2) is 9.97 Å². The highest BCUT2D eigenvalue weighted by atomic mass is 79.9. The Kier molecular flexibility index (Phi) is 3.68. The van der Waals surface area contributed by atoms with Crippen molar-refractivity contribution in [2.24, 2.45) is 0 Å². The Morgan fingerprint density at radius 1 is 1.19 bits per heavy atom. The Hall–Kier alpha value is -2.45. The van der Waals surface area contributed by atoms with Gasteiger partial charge in [-0.2, -0.15) is 5.10 Å². The number of halogens is 1. The molecule has 1 aliphatic rings. The number of aryl methyl sites for hydroxylation is 1. The molecule has 0 atom stereocenters. The molecule has 4 aromatic rings. The van der Waals surface area contributed by atoms with Gasteiger partial charge in [0.05, 0.1) is 30.6 Å². The number of hydrogen-bond acceptors (Lipinski definition) is 5. The van der Waals surface area contributed by atoms with Crippen LogP contribution in [0.5, 0.6) is 0 Å². The first-order valence-corrected chi connectivity index (χ1v) is 9.32. The van der Waals surface area contributed by atoms with E-state index in [1.165, 1.54) is 0 Å². The average Bonchev–Trinajstić information content (AvgIpc) is 3.29. The Morgan fingerprint density at radius 2 is 2.04 bits per heavy atom. The molecule has 0 aliphatic carbocycles. The van der Waals surface area contributed by atoms with Crippen LogP contribution in [-0.2, 0) is 4.74 Å². The second kappa shape index (κ2) is 6.07. The van der Waals surface area contributed by atoms with Crippen LogP contribution in [0, 0.1) is 6.92 Å². The molecule has 8 heteroatoms. The summed E-state index contributed by atoms with van der Waals surface area (Å²) in [5.41, 5.74) is 4.72. The standard InChI is InChI=1S/C18H17BrN6O/c1-11-10-25-16(19)15(12-3-2-4-14-13(12)9-20-23-14)22-17(18(25)21-11)24-5-7-26-8-6-24/h2-4,9-10H,5-8H2,1H3,(H,20,23). The van der Waals surface area contributed by atoms with Gasteiger partial charge in [0.25, 0.3) is 0 Å². The van der Waals surface area contributed by atoms with Crippen LogP contribution in [0.3, 0.4) is 0 Å². The van der Waals surface area contributed by atoms with Crippen molar-refractivity contribution in [2.75, 3.05) is 31.2 Å². The molecule has 3 aromatic heterocycles. The van der Waals surface area contributed by atoms with Crippen molar-refractivity contribution >= 4 is 38.3 Å². The molecule has 0 unspecified atom stereocenters. The normalized spacial score (nSPS) is 15.2. The van der Waals surface area contributed by atoms with Crippen LogP contribution in [-0.4, -0.2) is 50.9 Å². The number of nitrogens with zero attached hydrogens (tertiary/aromatic N) is 5. The average molecular weight is 413 g/mol. The molecule has 1 saturated heterocycles. The third-order valence-corrected chi connectivity index (χ3v) is 5.46. The van der Waals surface area contributed by atoms with Gasteiger partial charge in [0.15, 0.2) is 11.5 Å². The monoisotopic (exact) mass is 412 g/mol. The van der Waals surface area contributed by atoms with Crippen LogP contribution in [0.15, 0.2) is 35.2 Å². The van der Waals surface area contributed by atoms with Crippen LogP contribution >= 0.6 is 15.9 Å². The van der Waals surface area contributed by atoms with E-state index in [2.05, 4.69) is 41.5 Å². The van der Waals surface area contributed by atoms with Crippen molar-refractivity contribution in [2.45, 2.75) is 6.92 Å². The first-order chi connectivity index (χ1) is 12.7. The summed E-state index contributed by atoms with van der Waals surface area (Å²) in [5, 5.41) is 8.26. The molecule has 132 valence electrons. The molecule has 1 N–H and O–H groups in total. The molecular formula is C18H17BrN6O. The highest BCUT2D eigenvalue weighted by molar-refractivity contribution is 9.10. The first kappa shape index (κ1) is 15.8. The quantitative estimate of drug-likeness (QED) is 0.547. The van der Waals surface area contributed by atoms with E-state index in [0.717, 1.165) is 57.0 Å². The zero-order chi connectivity index (χ0) is 17.7. The molecule has 0 saturated carbocycles. The van der Waals surface area contributed by atoms with Crippen LogP contribution in [0.1, 0.15) is 5.69 Å². The predicted octanol–water partition coefficient (Wildman–Crippen LogP) is 3.18. The van der Waals surface area contributed by atoms with Gasteiger partial charge < -0.3 is 9.64 Å². The summed E-state index contributed by atoms with van der Waals surface area (Å²) in [6.45, 7) is 5.03. The summed E-state index contributed by atoms with van der Waals surface area (Å²) in [5.74, 6) is 0.889. The third-order valence-electron chi connectivity index (χ3n) is 4.70. The van der Waals surface area contributed by atoms with E-state index in [1.54, 1.807) is 0 Å². The van der Waals surface area contributed by atoms with E-state index in [4.69, 9.17) is 14.7 Å². The number of nitrogens with one attached hydrogen (secondary N) is 1. The largest absolute Gasteiger partial charge is 0.378 e. The lowest BCUT2D eigenvalue weighted by Gasteiger charge is -2.28. The number of benzene rings is 1. The number of H-pyrrole nitrogens is 1. The van der Waals surface area contributed by atoms with Gasteiger partial charge in [0, 0.05) is 30.2 Å². The molecule has 0 radical (unpaired) electrons. The predicted molar refractivity (Wildman–Crippen MR) is 104 cm³/mol. The minimum Gasteiger partial charge on any atom is -0.378 e. The highest BCUT2D eigenvalue weighted by Gasteiger charge is 2.22. The number of morpholine rings is 1. The highest BCUT2D eigenvalue weighted by Crippen LogP contribution is 2.35. The number of imidazole rings is 1. The van der Waals surface area contributed by atoms with Crippen LogP contribution in [0.4, 0.5) is 5.82 Å².